The molecule has 0 saturated heterocycles. The molecule has 2 rings (SSSR count). The van der Waals surface area contributed by atoms with Crippen molar-refractivity contribution in [1.82, 2.24) is 0 Å². The molecule has 2 aromatic carbocycles. The average Bonchev–Trinajstić information content (AvgIpc) is 2.21. The van der Waals surface area contributed by atoms with Gasteiger partial charge in [-0.2, -0.15) is 0 Å². The zero-order chi connectivity index (χ0) is 11.7. The number of aryl methyl sites for hydroxylation is 4. The third kappa shape index (κ3) is 1.76. The first-order valence-electron chi connectivity index (χ1n) is 5.74. The predicted octanol–water partition coefficient (Wildman–Crippen LogP) is 4.59. The van der Waals surface area contributed by atoms with E-state index in [-0.39, 0.29) is 0 Å². The normalized spacial score (nSPS) is 10.5. The van der Waals surface area contributed by atoms with Crippen molar-refractivity contribution in [2.75, 3.05) is 0 Å². The second-order valence-corrected chi connectivity index (χ2v) is 4.53. The van der Waals surface area contributed by atoms with Gasteiger partial charge in [-0.3, -0.25) is 0 Å². The minimum absolute atomic E-state index is 1.36. The lowest BCUT2D eigenvalue weighted by molar-refractivity contribution is 1.32. The highest BCUT2D eigenvalue weighted by atomic mass is 14.1. The maximum Gasteiger partial charge on any atom is -0.0120 e. The minimum atomic E-state index is 1.36. The Bertz CT molecular complexity index is 432. The first-order chi connectivity index (χ1) is 7.61. The van der Waals surface area contributed by atoms with E-state index < -0.39 is 0 Å². The van der Waals surface area contributed by atoms with E-state index in [1.807, 2.05) is 0 Å². The van der Waals surface area contributed by atoms with Gasteiger partial charge in [0.05, 0.1) is 0 Å². The summed E-state index contributed by atoms with van der Waals surface area (Å²) in [5, 5.41) is 0. The van der Waals surface area contributed by atoms with Crippen LogP contribution in [-0.2, 0) is 0 Å². The van der Waals surface area contributed by atoms with E-state index in [1.54, 1.807) is 0 Å². The number of hydrogen-bond acceptors (Lipinski definition) is 0. The zero-order valence-corrected chi connectivity index (χ0v) is 10.5. The predicted molar refractivity (Wildman–Crippen MR) is 70.8 cm³/mol. The van der Waals surface area contributed by atoms with Crippen LogP contribution in [0, 0.1) is 27.7 Å². The molecule has 0 aliphatic rings. The van der Waals surface area contributed by atoms with Crippen LogP contribution in [0.2, 0.25) is 0 Å². The van der Waals surface area contributed by atoms with Crippen molar-refractivity contribution in [3.63, 3.8) is 0 Å². The molecule has 0 saturated carbocycles. The summed E-state index contributed by atoms with van der Waals surface area (Å²) in [7, 11) is 0. The first kappa shape index (κ1) is 10.9. The molecule has 0 heteroatoms. The minimum Gasteiger partial charge on any atom is -0.0617 e. The third-order valence-electron chi connectivity index (χ3n) is 3.21. The smallest absolute Gasteiger partial charge is 0.0120 e. The molecule has 0 spiro atoms. The Morgan fingerprint density at radius 3 is 1.00 bits per heavy atom. The van der Waals surface area contributed by atoms with Crippen LogP contribution in [0.3, 0.4) is 0 Å². The van der Waals surface area contributed by atoms with E-state index in [0.717, 1.165) is 0 Å². The molecule has 0 aromatic heterocycles. The SMILES string of the molecule is Cc1cccc(C)c1-c1c(C)cccc1C. The van der Waals surface area contributed by atoms with Crippen LogP contribution in [0.1, 0.15) is 22.3 Å². The summed E-state index contributed by atoms with van der Waals surface area (Å²) in [6.45, 7) is 8.75. The first-order valence-corrected chi connectivity index (χ1v) is 5.74. The molecule has 0 fully saturated rings. The van der Waals surface area contributed by atoms with E-state index in [2.05, 4.69) is 64.1 Å². The summed E-state index contributed by atoms with van der Waals surface area (Å²) in [5.74, 6) is 0. The average molecular weight is 210 g/mol. The molecule has 0 N–H and O–H groups in total. The van der Waals surface area contributed by atoms with Crippen LogP contribution in [0.4, 0.5) is 0 Å². The molecule has 0 amide bonds. The lowest BCUT2D eigenvalue weighted by Crippen LogP contribution is -1.93. The Hall–Kier alpha value is -1.56. The fourth-order valence-electron chi connectivity index (χ4n) is 2.42. The highest BCUT2D eigenvalue weighted by molar-refractivity contribution is 5.76. The zero-order valence-electron chi connectivity index (χ0n) is 10.5. The Morgan fingerprint density at radius 1 is 0.500 bits per heavy atom. The molecule has 0 aliphatic carbocycles. The fourth-order valence-corrected chi connectivity index (χ4v) is 2.42. The van der Waals surface area contributed by atoms with Crippen molar-refractivity contribution in [2.24, 2.45) is 0 Å². The highest BCUT2D eigenvalue weighted by Crippen LogP contribution is 2.32. The van der Waals surface area contributed by atoms with Gasteiger partial charge < -0.3 is 0 Å². The molecule has 16 heavy (non-hydrogen) atoms. The van der Waals surface area contributed by atoms with Crippen molar-refractivity contribution < 1.29 is 0 Å². The molecule has 0 heterocycles. The van der Waals surface area contributed by atoms with Gasteiger partial charge >= 0.3 is 0 Å². The summed E-state index contributed by atoms with van der Waals surface area (Å²) >= 11 is 0. The van der Waals surface area contributed by atoms with Gasteiger partial charge in [0.15, 0.2) is 0 Å². The summed E-state index contributed by atoms with van der Waals surface area (Å²) < 4.78 is 0. The molecule has 0 nitrogen and oxygen atoms in total. The summed E-state index contributed by atoms with van der Waals surface area (Å²) in [5.41, 5.74) is 8.24. The quantitative estimate of drug-likeness (QED) is 0.646. The molecular weight excluding hydrogens is 192 g/mol. The third-order valence-corrected chi connectivity index (χ3v) is 3.21. The van der Waals surface area contributed by atoms with Crippen molar-refractivity contribution in [3.05, 3.63) is 58.7 Å². The molecule has 0 atom stereocenters. The van der Waals surface area contributed by atoms with Crippen molar-refractivity contribution in [3.8, 4) is 11.1 Å². The lowest BCUT2D eigenvalue weighted by atomic mass is 9.90. The lowest BCUT2D eigenvalue weighted by Gasteiger charge is -2.15. The van der Waals surface area contributed by atoms with Gasteiger partial charge in [-0.05, 0) is 61.1 Å². The molecule has 82 valence electrons. The van der Waals surface area contributed by atoms with Gasteiger partial charge in [0.1, 0.15) is 0 Å². The summed E-state index contributed by atoms with van der Waals surface area (Å²) in [6.07, 6.45) is 0. The molecule has 0 unspecified atom stereocenters. The second-order valence-electron chi connectivity index (χ2n) is 4.53. The van der Waals surface area contributed by atoms with Crippen molar-refractivity contribution >= 4 is 0 Å². The van der Waals surface area contributed by atoms with Gasteiger partial charge in [-0.1, -0.05) is 36.4 Å². The monoisotopic (exact) mass is 210 g/mol. The Labute approximate surface area is 97.9 Å². The van der Waals surface area contributed by atoms with E-state index in [1.165, 1.54) is 33.4 Å². The number of hydrogen-bond donors (Lipinski definition) is 0. The van der Waals surface area contributed by atoms with Crippen molar-refractivity contribution in [1.29, 1.82) is 0 Å². The highest BCUT2D eigenvalue weighted by Gasteiger charge is 2.09. The molecule has 0 radical (unpaired) electrons. The largest absolute Gasteiger partial charge is 0.0617 e. The maximum atomic E-state index is 2.19. The Kier molecular flexibility index (Phi) is 2.82. The summed E-state index contributed by atoms with van der Waals surface area (Å²) in [4.78, 5) is 0. The number of benzene rings is 2. The van der Waals surface area contributed by atoms with Crippen LogP contribution >= 0.6 is 0 Å². The van der Waals surface area contributed by atoms with Gasteiger partial charge in [0.25, 0.3) is 0 Å². The van der Waals surface area contributed by atoms with E-state index in [4.69, 9.17) is 0 Å². The Morgan fingerprint density at radius 2 is 0.750 bits per heavy atom. The maximum absolute atomic E-state index is 2.19. The van der Waals surface area contributed by atoms with Gasteiger partial charge in [0.2, 0.25) is 0 Å². The summed E-state index contributed by atoms with van der Waals surface area (Å²) in [6, 6.07) is 13.0. The van der Waals surface area contributed by atoms with Crippen molar-refractivity contribution in [2.45, 2.75) is 27.7 Å². The van der Waals surface area contributed by atoms with Crippen LogP contribution in [0.5, 0.6) is 0 Å². The van der Waals surface area contributed by atoms with Gasteiger partial charge in [-0.15, -0.1) is 0 Å². The van der Waals surface area contributed by atoms with Crippen LogP contribution in [0.15, 0.2) is 36.4 Å². The van der Waals surface area contributed by atoms with E-state index >= 15 is 0 Å². The van der Waals surface area contributed by atoms with Crippen LogP contribution < -0.4 is 0 Å². The van der Waals surface area contributed by atoms with E-state index in [0.29, 0.717) is 0 Å². The molecule has 0 bridgehead atoms. The molecule has 2 aromatic rings. The van der Waals surface area contributed by atoms with Gasteiger partial charge in [-0.25, -0.2) is 0 Å². The molecule has 0 aliphatic heterocycles. The topological polar surface area (TPSA) is 0 Å². The van der Waals surface area contributed by atoms with Gasteiger partial charge in [0, 0.05) is 0 Å². The van der Waals surface area contributed by atoms with Crippen LogP contribution in [-0.4, -0.2) is 0 Å². The number of rotatable bonds is 1. The van der Waals surface area contributed by atoms with Crippen LogP contribution in [0.25, 0.3) is 11.1 Å². The Balaban J connectivity index is 2.77. The second kappa shape index (κ2) is 4.13. The standard InChI is InChI=1S/C16H18/c1-11-7-5-8-12(2)15(11)16-13(3)9-6-10-14(16)4/h5-10H,1-4H3. The van der Waals surface area contributed by atoms with E-state index in [9.17, 15) is 0 Å². The molecular formula is C16H18. The fraction of sp³-hybridized carbons (Fsp3) is 0.250.